The number of methoxy groups -OCH3 is 1. The van der Waals surface area contributed by atoms with Crippen molar-refractivity contribution in [3.63, 3.8) is 0 Å². The standard InChI is InChI=1S/C25H19N3O5S/c1-33-18-11-9-16(10-12-18)26-24(29)15-5-7-17(8-6-15)28-34(31,32)22-14-13-21-23-19(22)3-2-4-20(23)25(30)27-21/h2-14,28H,1H3,(H,26,29)(H,27,30). The first-order valence-corrected chi connectivity index (χ1v) is 11.8. The lowest BCUT2D eigenvalue weighted by atomic mass is 10.1. The van der Waals surface area contributed by atoms with Gasteiger partial charge < -0.3 is 15.4 Å². The van der Waals surface area contributed by atoms with Crippen molar-refractivity contribution in [2.45, 2.75) is 4.90 Å². The lowest BCUT2D eigenvalue weighted by Crippen LogP contribution is -2.14. The van der Waals surface area contributed by atoms with E-state index in [2.05, 4.69) is 15.4 Å². The maximum Gasteiger partial charge on any atom is 0.262 e. The molecule has 0 spiro atoms. The van der Waals surface area contributed by atoms with E-state index in [1.165, 1.54) is 30.3 Å². The number of carbonyl (C=O) groups is 2. The van der Waals surface area contributed by atoms with Crippen LogP contribution in [0.1, 0.15) is 20.7 Å². The minimum atomic E-state index is -3.95. The molecule has 0 bridgehead atoms. The van der Waals surface area contributed by atoms with Crippen LogP contribution in [0.15, 0.2) is 83.8 Å². The van der Waals surface area contributed by atoms with Gasteiger partial charge in [-0.05, 0) is 66.7 Å². The minimum Gasteiger partial charge on any atom is -0.497 e. The highest BCUT2D eigenvalue weighted by atomic mass is 32.2. The second-order valence-corrected chi connectivity index (χ2v) is 9.31. The highest BCUT2D eigenvalue weighted by Crippen LogP contribution is 2.37. The minimum absolute atomic E-state index is 0.0610. The number of nitrogens with one attached hydrogen (secondary N) is 3. The van der Waals surface area contributed by atoms with E-state index in [9.17, 15) is 18.0 Å². The summed E-state index contributed by atoms with van der Waals surface area (Å²) in [7, 11) is -2.39. The number of sulfonamides is 1. The average Bonchev–Trinajstić information content (AvgIpc) is 3.17. The summed E-state index contributed by atoms with van der Waals surface area (Å²) in [4.78, 5) is 24.7. The van der Waals surface area contributed by atoms with E-state index in [-0.39, 0.29) is 16.7 Å². The molecule has 0 radical (unpaired) electrons. The van der Waals surface area contributed by atoms with Crippen LogP contribution in [0.4, 0.5) is 17.1 Å². The predicted octanol–water partition coefficient (Wildman–Crippen LogP) is 4.47. The molecule has 0 unspecified atom stereocenters. The zero-order chi connectivity index (χ0) is 23.9. The molecule has 2 amide bonds. The molecular weight excluding hydrogens is 454 g/mol. The molecule has 0 fully saturated rings. The third-order valence-corrected chi connectivity index (χ3v) is 6.97. The van der Waals surface area contributed by atoms with Crippen LogP contribution in [0.3, 0.4) is 0 Å². The summed E-state index contributed by atoms with van der Waals surface area (Å²) in [5, 5.41) is 6.56. The van der Waals surface area contributed by atoms with Gasteiger partial charge in [0.1, 0.15) is 5.75 Å². The van der Waals surface area contributed by atoms with Gasteiger partial charge in [0.2, 0.25) is 0 Å². The van der Waals surface area contributed by atoms with Gasteiger partial charge in [0.25, 0.3) is 21.8 Å². The van der Waals surface area contributed by atoms with Gasteiger partial charge in [0.05, 0.1) is 12.0 Å². The molecule has 3 N–H and O–H groups in total. The number of hydrogen-bond donors (Lipinski definition) is 3. The van der Waals surface area contributed by atoms with Crippen molar-refractivity contribution in [2.75, 3.05) is 22.5 Å². The van der Waals surface area contributed by atoms with Crippen molar-refractivity contribution in [2.24, 2.45) is 0 Å². The smallest absolute Gasteiger partial charge is 0.262 e. The summed E-state index contributed by atoms with van der Waals surface area (Å²) in [6.07, 6.45) is 0. The molecular formula is C25H19N3O5S. The number of amides is 2. The van der Waals surface area contributed by atoms with Crippen LogP contribution in [-0.2, 0) is 10.0 Å². The molecule has 9 heteroatoms. The van der Waals surface area contributed by atoms with E-state index >= 15 is 0 Å². The first kappa shape index (κ1) is 21.5. The third-order valence-electron chi connectivity index (χ3n) is 5.53. The van der Waals surface area contributed by atoms with Crippen LogP contribution in [0.2, 0.25) is 0 Å². The normalized spacial score (nSPS) is 12.3. The Morgan fingerprint density at radius 2 is 1.59 bits per heavy atom. The van der Waals surface area contributed by atoms with Crippen LogP contribution >= 0.6 is 0 Å². The number of anilines is 3. The van der Waals surface area contributed by atoms with Gasteiger partial charge in [0, 0.05) is 39.0 Å². The Morgan fingerprint density at radius 3 is 2.29 bits per heavy atom. The highest BCUT2D eigenvalue weighted by Gasteiger charge is 2.26. The van der Waals surface area contributed by atoms with Gasteiger partial charge in [-0.2, -0.15) is 0 Å². The molecule has 4 aromatic rings. The molecule has 0 atom stereocenters. The highest BCUT2D eigenvalue weighted by molar-refractivity contribution is 7.93. The van der Waals surface area contributed by atoms with Crippen molar-refractivity contribution in [1.29, 1.82) is 0 Å². The fraction of sp³-hybridized carbons (Fsp3) is 0.0400. The van der Waals surface area contributed by atoms with Crippen molar-refractivity contribution in [3.8, 4) is 5.75 Å². The lowest BCUT2D eigenvalue weighted by molar-refractivity contribution is 0.102. The summed E-state index contributed by atoms with van der Waals surface area (Å²) in [6.45, 7) is 0. The fourth-order valence-electron chi connectivity index (χ4n) is 3.87. The number of ether oxygens (including phenoxy) is 1. The Morgan fingerprint density at radius 1 is 0.882 bits per heavy atom. The molecule has 0 aromatic heterocycles. The molecule has 0 aliphatic carbocycles. The monoisotopic (exact) mass is 473 g/mol. The molecule has 5 rings (SSSR count). The number of benzene rings is 4. The van der Waals surface area contributed by atoms with Crippen LogP contribution in [0, 0.1) is 0 Å². The summed E-state index contributed by atoms with van der Waals surface area (Å²) in [6, 6.07) is 21.1. The molecule has 8 nitrogen and oxygen atoms in total. The van der Waals surface area contributed by atoms with Crippen molar-refractivity contribution in [1.82, 2.24) is 0 Å². The third kappa shape index (κ3) is 3.82. The second-order valence-electron chi connectivity index (χ2n) is 7.66. The van der Waals surface area contributed by atoms with E-state index < -0.39 is 10.0 Å². The Kier molecular flexibility index (Phi) is 5.18. The van der Waals surface area contributed by atoms with E-state index in [4.69, 9.17) is 4.74 Å². The molecule has 1 aliphatic heterocycles. The van der Waals surface area contributed by atoms with E-state index in [1.54, 1.807) is 55.6 Å². The van der Waals surface area contributed by atoms with Crippen molar-refractivity contribution in [3.05, 3.63) is 90.0 Å². The molecule has 4 aromatic carbocycles. The summed E-state index contributed by atoms with van der Waals surface area (Å²) >= 11 is 0. The Bertz CT molecular complexity index is 1550. The van der Waals surface area contributed by atoms with E-state index in [1.807, 2.05) is 0 Å². The summed E-state index contributed by atoms with van der Waals surface area (Å²) in [5.41, 5.74) is 2.31. The first-order valence-electron chi connectivity index (χ1n) is 10.3. The molecule has 0 saturated carbocycles. The zero-order valence-corrected chi connectivity index (χ0v) is 18.8. The van der Waals surface area contributed by atoms with E-state index in [0.29, 0.717) is 44.7 Å². The van der Waals surface area contributed by atoms with Gasteiger partial charge in [0.15, 0.2) is 0 Å². The molecule has 0 saturated heterocycles. The number of hydrogen-bond acceptors (Lipinski definition) is 5. The second kappa shape index (κ2) is 8.20. The van der Waals surface area contributed by atoms with Gasteiger partial charge >= 0.3 is 0 Å². The average molecular weight is 474 g/mol. The zero-order valence-electron chi connectivity index (χ0n) is 18.0. The van der Waals surface area contributed by atoms with Crippen LogP contribution in [0.5, 0.6) is 5.75 Å². The van der Waals surface area contributed by atoms with Gasteiger partial charge in [-0.3, -0.25) is 14.3 Å². The van der Waals surface area contributed by atoms with Gasteiger partial charge in [-0.1, -0.05) is 12.1 Å². The van der Waals surface area contributed by atoms with E-state index in [0.717, 1.165) is 0 Å². The quantitative estimate of drug-likeness (QED) is 0.382. The Labute approximate surface area is 195 Å². The summed E-state index contributed by atoms with van der Waals surface area (Å²) < 4.78 is 33.9. The predicted molar refractivity (Wildman–Crippen MR) is 130 cm³/mol. The molecule has 170 valence electrons. The summed E-state index contributed by atoms with van der Waals surface area (Å²) in [5.74, 6) is 0.0913. The number of rotatable bonds is 6. The Hall–Kier alpha value is -4.37. The van der Waals surface area contributed by atoms with Crippen molar-refractivity contribution >= 4 is 49.7 Å². The van der Waals surface area contributed by atoms with Crippen LogP contribution in [-0.4, -0.2) is 27.3 Å². The van der Waals surface area contributed by atoms with Crippen LogP contribution in [0.25, 0.3) is 10.8 Å². The van der Waals surface area contributed by atoms with Gasteiger partial charge in [-0.25, -0.2) is 8.42 Å². The van der Waals surface area contributed by atoms with Gasteiger partial charge in [-0.15, -0.1) is 0 Å². The maximum atomic E-state index is 13.1. The maximum absolute atomic E-state index is 13.1. The number of carbonyl (C=O) groups excluding carboxylic acids is 2. The molecule has 1 aliphatic rings. The SMILES string of the molecule is COc1ccc(NC(=O)c2ccc(NS(=O)(=O)c3ccc4c5c(cccc35)C(=O)N4)cc2)cc1. The van der Waals surface area contributed by atoms with Crippen LogP contribution < -0.4 is 20.1 Å². The van der Waals surface area contributed by atoms with Crippen molar-refractivity contribution < 1.29 is 22.7 Å². The molecule has 34 heavy (non-hydrogen) atoms. The largest absolute Gasteiger partial charge is 0.497 e. The molecule has 1 heterocycles. The topological polar surface area (TPSA) is 114 Å². The Balaban J connectivity index is 1.36. The fourth-order valence-corrected chi connectivity index (χ4v) is 5.14. The first-order chi connectivity index (χ1) is 16.4. The lowest BCUT2D eigenvalue weighted by Gasteiger charge is -2.12.